The Labute approximate surface area is 167 Å². The Morgan fingerprint density at radius 2 is 1.76 bits per heavy atom. The summed E-state index contributed by atoms with van der Waals surface area (Å²) in [7, 11) is 0. The van der Waals surface area contributed by atoms with Gasteiger partial charge in [0.1, 0.15) is 12.4 Å². The maximum atomic E-state index is 13.0. The quantitative estimate of drug-likeness (QED) is 0.550. The van der Waals surface area contributed by atoms with Gasteiger partial charge in [0, 0.05) is 42.5 Å². The van der Waals surface area contributed by atoms with Gasteiger partial charge in [0.25, 0.3) is 0 Å². The monoisotopic (exact) mass is 387 g/mol. The molecule has 0 saturated heterocycles. The number of hydrogen-bond donors (Lipinski definition) is 1. The molecule has 0 radical (unpaired) electrons. The number of hydrogen-bond acceptors (Lipinski definition) is 4. The van der Waals surface area contributed by atoms with E-state index in [1.807, 2.05) is 24.3 Å². The molecule has 4 aromatic rings. The molecular formula is C22H18FN5O. The van der Waals surface area contributed by atoms with Crippen molar-refractivity contribution in [2.24, 2.45) is 0 Å². The summed E-state index contributed by atoms with van der Waals surface area (Å²) in [6, 6.07) is 13.7. The maximum absolute atomic E-state index is 13.0. The number of pyridine rings is 2. The third kappa shape index (κ3) is 4.70. The predicted octanol–water partition coefficient (Wildman–Crippen LogP) is 3.46. The van der Waals surface area contributed by atoms with Crippen LogP contribution in [0.4, 0.5) is 4.39 Å². The number of amides is 1. The van der Waals surface area contributed by atoms with Gasteiger partial charge in [-0.25, -0.2) is 4.39 Å². The summed E-state index contributed by atoms with van der Waals surface area (Å²) in [5, 5.41) is 7.10. The van der Waals surface area contributed by atoms with E-state index >= 15 is 0 Å². The van der Waals surface area contributed by atoms with Gasteiger partial charge in [-0.15, -0.1) is 0 Å². The van der Waals surface area contributed by atoms with Gasteiger partial charge in [0.2, 0.25) is 5.91 Å². The van der Waals surface area contributed by atoms with Gasteiger partial charge in [0.15, 0.2) is 0 Å². The molecule has 6 nitrogen and oxygen atoms in total. The average Bonchev–Trinajstić information content (AvgIpc) is 3.22. The molecule has 0 saturated carbocycles. The van der Waals surface area contributed by atoms with Crippen LogP contribution in [0.5, 0.6) is 0 Å². The highest BCUT2D eigenvalue weighted by Crippen LogP contribution is 2.19. The molecule has 3 heterocycles. The van der Waals surface area contributed by atoms with Crippen LogP contribution >= 0.6 is 0 Å². The molecule has 0 aliphatic carbocycles. The number of carbonyl (C=O) groups is 1. The van der Waals surface area contributed by atoms with Crippen molar-refractivity contribution < 1.29 is 9.18 Å². The summed E-state index contributed by atoms with van der Waals surface area (Å²) in [6.07, 6.45) is 8.58. The first-order valence-electron chi connectivity index (χ1n) is 9.08. The summed E-state index contributed by atoms with van der Waals surface area (Å²) in [5.74, 6) is -0.440. The lowest BCUT2D eigenvalue weighted by molar-refractivity contribution is -0.122. The lowest BCUT2D eigenvalue weighted by atomic mass is 10.1. The number of carbonyl (C=O) groups excluding carboxylic acids is 1. The first-order valence-corrected chi connectivity index (χ1v) is 9.08. The highest BCUT2D eigenvalue weighted by atomic mass is 19.1. The lowest BCUT2D eigenvalue weighted by Gasteiger charge is -2.07. The van der Waals surface area contributed by atoms with Gasteiger partial charge in [-0.1, -0.05) is 12.1 Å². The summed E-state index contributed by atoms with van der Waals surface area (Å²) >= 11 is 0. The van der Waals surface area contributed by atoms with E-state index in [-0.39, 0.29) is 18.3 Å². The molecule has 0 aliphatic rings. The fourth-order valence-electron chi connectivity index (χ4n) is 2.91. The molecular weight excluding hydrogens is 369 g/mol. The van der Waals surface area contributed by atoms with Crippen molar-refractivity contribution in [2.45, 2.75) is 13.1 Å². The van der Waals surface area contributed by atoms with Crippen LogP contribution in [0, 0.1) is 5.82 Å². The normalized spacial score (nSPS) is 10.7. The molecule has 4 rings (SSSR count). The molecule has 0 aliphatic heterocycles. The van der Waals surface area contributed by atoms with Gasteiger partial charge in [-0.05, 0) is 47.5 Å². The topological polar surface area (TPSA) is 72.7 Å². The molecule has 0 bridgehead atoms. The minimum absolute atomic E-state index is 0.101. The summed E-state index contributed by atoms with van der Waals surface area (Å²) in [4.78, 5) is 20.7. The summed E-state index contributed by atoms with van der Waals surface area (Å²) < 4.78 is 14.6. The zero-order valence-electron chi connectivity index (χ0n) is 15.5. The van der Waals surface area contributed by atoms with E-state index in [1.165, 1.54) is 12.1 Å². The van der Waals surface area contributed by atoms with Gasteiger partial charge in [-0.2, -0.15) is 5.10 Å². The van der Waals surface area contributed by atoms with E-state index in [9.17, 15) is 9.18 Å². The average molecular weight is 387 g/mol. The summed E-state index contributed by atoms with van der Waals surface area (Å²) in [5.41, 5.74) is 4.42. The molecule has 0 unspecified atom stereocenters. The van der Waals surface area contributed by atoms with Crippen molar-refractivity contribution in [3.63, 3.8) is 0 Å². The molecule has 1 N–H and O–H groups in total. The number of benzene rings is 1. The SMILES string of the molecule is O=C(Cn1cc(-c2ccc(F)cc2)cn1)NCc1ccnc(-c2ccncc2)c1. The van der Waals surface area contributed by atoms with E-state index in [0.29, 0.717) is 6.54 Å². The highest BCUT2D eigenvalue weighted by Gasteiger charge is 2.07. The highest BCUT2D eigenvalue weighted by molar-refractivity contribution is 5.76. The van der Waals surface area contributed by atoms with Crippen molar-refractivity contribution in [2.75, 3.05) is 0 Å². The Hall–Kier alpha value is -3.87. The second-order valence-corrected chi connectivity index (χ2v) is 6.50. The van der Waals surface area contributed by atoms with Crippen molar-refractivity contribution in [3.8, 4) is 22.4 Å². The Morgan fingerprint density at radius 1 is 0.966 bits per heavy atom. The molecule has 29 heavy (non-hydrogen) atoms. The summed E-state index contributed by atoms with van der Waals surface area (Å²) in [6.45, 7) is 0.495. The van der Waals surface area contributed by atoms with Crippen LogP contribution in [0.25, 0.3) is 22.4 Å². The second kappa shape index (κ2) is 8.43. The smallest absolute Gasteiger partial charge is 0.241 e. The Bertz CT molecular complexity index is 1110. The zero-order chi connectivity index (χ0) is 20.1. The van der Waals surface area contributed by atoms with Crippen molar-refractivity contribution in [1.29, 1.82) is 0 Å². The molecule has 0 fully saturated rings. The van der Waals surface area contributed by atoms with Crippen LogP contribution in [0.2, 0.25) is 0 Å². The van der Waals surface area contributed by atoms with Crippen molar-refractivity contribution in [3.05, 3.63) is 90.9 Å². The fourth-order valence-corrected chi connectivity index (χ4v) is 2.91. The van der Waals surface area contributed by atoms with E-state index in [1.54, 1.807) is 47.8 Å². The minimum Gasteiger partial charge on any atom is -0.350 e. The third-order valence-electron chi connectivity index (χ3n) is 4.41. The molecule has 144 valence electrons. The molecule has 3 aromatic heterocycles. The van der Waals surface area contributed by atoms with Crippen LogP contribution in [-0.4, -0.2) is 25.7 Å². The molecule has 1 amide bonds. The van der Waals surface area contributed by atoms with Crippen molar-refractivity contribution in [1.82, 2.24) is 25.1 Å². The lowest BCUT2D eigenvalue weighted by Crippen LogP contribution is -2.27. The van der Waals surface area contributed by atoms with E-state index in [0.717, 1.165) is 27.9 Å². The largest absolute Gasteiger partial charge is 0.350 e. The molecule has 1 aromatic carbocycles. The Balaban J connectivity index is 1.36. The zero-order valence-corrected chi connectivity index (χ0v) is 15.5. The number of nitrogens with one attached hydrogen (secondary N) is 1. The molecule has 0 atom stereocenters. The Morgan fingerprint density at radius 3 is 2.55 bits per heavy atom. The fraction of sp³-hybridized carbons (Fsp3) is 0.0909. The van der Waals surface area contributed by atoms with Crippen LogP contribution < -0.4 is 5.32 Å². The third-order valence-corrected chi connectivity index (χ3v) is 4.41. The van der Waals surface area contributed by atoms with E-state index < -0.39 is 0 Å². The van der Waals surface area contributed by atoms with Crippen LogP contribution in [0.3, 0.4) is 0 Å². The standard InChI is InChI=1S/C22H18FN5O/c23-20-3-1-17(2-4-20)19-13-27-28(14-19)15-22(29)26-12-16-5-10-25-21(11-16)18-6-8-24-9-7-18/h1-11,13-14H,12,15H2,(H,26,29). The van der Waals surface area contributed by atoms with E-state index in [4.69, 9.17) is 0 Å². The molecule has 0 spiro atoms. The number of halogens is 1. The van der Waals surface area contributed by atoms with E-state index in [2.05, 4.69) is 20.4 Å². The number of rotatable bonds is 6. The van der Waals surface area contributed by atoms with Gasteiger partial charge in [-0.3, -0.25) is 19.4 Å². The first kappa shape index (κ1) is 18.5. The van der Waals surface area contributed by atoms with Crippen molar-refractivity contribution >= 4 is 5.91 Å². The van der Waals surface area contributed by atoms with Gasteiger partial charge >= 0.3 is 0 Å². The van der Waals surface area contributed by atoms with Gasteiger partial charge < -0.3 is 5.32 Å². The van der Waals surface area contributed by atoms with Crippen LogP contribution in [-0.2, 0) is 17.9 Å². The predicted molar refractivity (Wildman–Crippen MR) is 107 cm³/mol. The second-order valence-electron chi connectivity index (χ2n) is 6.50. The van der Waals surface area contributed by atoms with Crippen LogP contribution in [0.1, 0.15) is 5.56 Å². The van der Waals surface area contributed by atoms with Crippen LogP contribution in [0.15, 0.2) is 79.5 Å². The van der Waals surface area contributed by atoms with Gasteiger partial charge in [0.05, 0.1) is 11.9 Å². The molecule has 7 heteroatoms. The Kier molecular flexibility index (Phi) is 5.38. The number of aromatic nitrogens is 4. The minimum atomic E-state index is -0.288. The first-order chi connectivity index (χ1) is 14.2. The number of nitrogens with zero attached hydrogens (tertiary/aromatic N) is 4. The maximum Gasteiger partial charge on any atom is 0.241 e.